The first kappa shape index (κ1) is 28.6. The van der Waals surface area contributed by atoms with Crippen molar-refractivity contribution in [3.8, 4) is 50.6 Å². The van der Waals surface area contributed by atoms with Crippen LogP contribution in [0.2, 0.25) is 0 Å². The molecular formula is C44H31N5. The lowest BCUT2D eigenvalue weighted by atomic mass is 9.91. The highest BCUT2D eigenvalue weighted by Crippen LogP contribution is 2.39. The Kier molecular flexibility index (Phi) is 6.95. The third-order valence-corrected chi connectivity index (χ3v) is 9.26. The lowest BCUT2D eigenvalue weighted by Crippen LogP contribution is -1.97. The topological polar surface area (TPSA) is 55.6 Å². The summed E-state index contributed by atoms with van der Waals surface area (Å²) in [6, 6.07) is 55.1. The van der Waals surface area contributed by atoms with E-state index in [9.17, 15) is 0 Å². The highest BCUT2D eigenvalue weighted by Gasteiger charge is 2.17. The maximum atomic E-state index is 5.14. The molecule has 0 aliphatic heterocycles. The Balaban J connectivity index is 1.13. The number of fused-ring (bicyclic) bond motifs is 4. The first-order valence-corrected chi connectivity index (χ1v) is 16.4. The molecule has 0 bridgehead atoms. The van der Waals surface area contributed by atoms with Gasteiger partial charge in [0, 0.05) is 52.1 Å². The van der Waals surface area contributed by atoms with Gasteiger partial charge in [-0.25, -0.2) is 9.97 Å². The van der Waals surface area contributed by atoms with Crippen molar-refractivity contribution in [3.63, 3.8) is 0 Å². The number of benzene rings is 6. The zero-order chi connectivity index (χ0) is 32.7. The van der Waals surface area contributed by atoms with E-state index in [1.807, 2.05) is 31.4 Å². The van der Waals surface area contributed by atoms with E-state index in [-0.39, 0.29) is 0 Å². The Morgan fingerprint density at radius 3 is 2.04 bits per heavy atom. The number of aromatic nitrogens is 4. The lowest BCUT2D eigenvalue weighted by molar-refractivity contribution is 1.10. The third-order valence-electron chi connectivity index (χ3n) is 9.26. The normalized spacial score (nSPS) is 11.4. The van der Waals surface area contributed by atoms with E-state index in [1.165, 1.54) is 0 Å². The number of hydrogen-bond acceptors (Lipinski definition) is 4. The van der Waals surface area contributed by atoms with Crippen molar-refractivity contribution in [2.75, 3.05) is 12.4 Å². The van der Waals surface area contributed by atoms with Gasteiger partial charge in [-0.3, -0.25) is 9.55 Å². The molecule has 1 N–H and O–H groups in total. The molecule has 9 aromatic rings. The van der Waals surface area contributed by atoms with Crippen LogP contribution < -0.4 is 5.32 Å². The van der Waals surface area contributed by atoms with Gasteiger partial charge < -0.3 is 5.32 Å². The van der Waals surface area contributed by atoms with Gasteiger partial charge >= 0.3 is 0 Å². The van der Waals surface area contributed by atoms with E-state index >= 15 is 0 Å². The number of rotatable bonds is 6. The van der Waals surface area contributed by atoms with Gasteiger partial charge in [-0.2, -0.15) is 0 Å². The fourth-order valence-electron chi connectivity index (χ4n) is 6.86. The zero-order valence-corrected chi connectivity index (χ0v) is 26.9. The summed E-state index contributed by atoms with van der Waals surface area (Å²) in [5, 5.41) is 5.59. The van der Waals surface area contributed by atoms with Crippen LogP contribution in [0.25, 0.3) is 83.4 Å². The number of nitrogens with zero attached hydrogens (tertiary/aromatic N) is 4. The van der Waals surface area contributed by atoms with Gasteiger partial charge in [0.2, 0.25) is 0 Å². The summed E-state index contributed by atoms with van der Waals surface area (Å²) in [5.41, 5.74) is 13.6. The summed E-state index contributed by atoms with van der Waals surface area (Å²) in [6.45, 7) is 0. The molecule has 232 valence electrons. The Hall–Kier alpha value is -6.59. The molecule has 0 aliphatic rings. The molecule has 5 heteroatoms. The first-order chi connectivity index (χ1) is 24.2. The molecule has 0 radical (unpaired) electrons. The Morgan fingerprint density at radius 2 is 1.20 bits per heavy atom. The van der Waals surface area contributed by atoms with Gasteiger partial charge in [-0.05, 0) is 65.2 Å². The summed E-state index contributed by atoms with van der Waals surface area (Å²) in [4.78, 5) is 14.9. The number of pyridine rings is 2. The molecule has 5 nitrogen and oxygen atoms in total. The van der Waals surface area contributed by atoms with Crippen molar-refractivity contribution in [2.24, 2.45) is 0 Å². The molecule has 0 spiro atoms. The molecule has 0 saturated heterocycles. The average Bonchev–Trinajstić information content (AvgIpc) is 3.57. The minimum Gasteiger partial charge on any atom is -0.388 e. The smallest absolute Gasteiger partial charge is 0.145 e. The molecule has 0 fully saturated rings. The van der Waals surface area contributed by atoms with Gasteiger partial charge in [-0.1, -0.05) is 109 Å². The van der Waals surface area contributed by atoms with E-state index in [1.54, 1.807) is 0 Å². The second kappa shape index (κ2) is 11.9. The van der Waals surface area contributed by atoms with Crippen LogP contribution in [0.5, 0.6) is 0 Å². The number of imidazole rings is 1. The maximum absolute atomic E-state index is 5.14. The molecule has 0 aliphatic carbocycles. The Morgan fingerprint density at radius 1 is 0.510 bits per heavy atom. The average molecular weight is 630 g/mol. The lowest BCUT2D eigenvalue weighted by Gasteiger charge is -2.16. The Bertz CT molecular complexity index is 2640. The van der Waals surface area contributed by atoms with Crippen LogP contribution in [-0.2, 0) is 0 Å². The minimum atomic E-state index is 0.913. The largest absolute Gasteiger partial charge is 0.388 e. The SMILES string of the molecule is CNc1ccc(-c2ccc3ccc4cccnc4c3n2)cc1-c1ccccc1-c1ccc(-c2nc3ccccc3n2-c2ccccc2)cc1. The number of para-hydroxylation sites is 3. The molecule has 0 amide bonds. The second-order valence-electron chi connectivity index (χ2n) is 12.1. The predicted octanol–water partition coefficient (Wildman–Crippen LogP) is 10.8. The standard InChI is InChI=1S/C44H31N5/c1-45-39-26-24-33(38-25-23-31-20-19-30-10-9-27-46-42(30)43(31)47-38)28-37(39)36-14-6-5-13-35(36)29-17-21-32(22-18-29)44-48-40-15-7-8-16-41(40)49(44)34-11-3-2-4-12-34/h2-28,45H,1H3. The molecule has 0 unspecified atom stereocenters. The summed E-state index contributed by atoms with van der Waals surface area (Å²) in [5.74, 6) is 0.920. The van der Waals surface area contributed by atoms with Gasteiger partial charge in [0.1, 0.15) is 5.82 Å². The van der Waals surface area contributed by atoms with Crippen LogP contribution >= 0.6 is 0 Å². The van der Waals surface area contributed by atoms with Crippen molar-refractivity contribution in [1.29, 1.82) is 0 Å². The van der Waals surface area contributed by atoms with Crippen molar-refractivity contribution >= 4 is 38.5 Å². The minimum absolute atomic E-state index is 0.913. The van der Waals surface area contributed by atoms with Gasteiger partial charge in [0.15, 0.2) is 0 Å². The van der Waals surface area contributed by atoms with Crippen molar-refractivity contribution in [3.05, 3.63) is 164 Å². The van der Waals surface area contributed by atoms with Crippen LogP contribution in [0.3, 0.4) is 0 Å². The van der Waals surface area contributed by atoms with E-state index in [0.717, 1.165) is 89.1 Å². The van der Waals surface area contributed by atoms with Crippen LogP contribution in [-0.4, -0.2) is 26.6 Å². The highest BCUT2D eigenvalue weighted by atomic mass is 15.1. The second-order valence-corrected chi connectivity index (χ2v) is 12.1. The van der Waals surface area contributed by atoms with Crippen molar-refractivity contribution in [1.82, 2.24) is 19.5 Å². The molecule has 3 heterocycles. The number of hydrogen-bond donors (Lipinski definition) is 1. The molecular weight excluding hydrogens is 599 g/mol. The van der Waals surface area contributed by atoms with E-state index in [0.29, 0.717) is 0 Å². The van der Waals surface area contributed by atoms with Gasteiger partial charge in [-0.15, -0.1) is 0 Å². The zero-order valence-electron chi connectivity index (χ0n) is 26.9. The van der Waals surface area contributed by atoms with E-state index < -0.39 is 0 Å². The Labute approximate surface area is 284 Å². The van der Waals surface area contributed by atoms with Gasteiger partial charge in [0.05, 0.1) is 27.8 Å². The first-order valence-electron chi connectivity index (χ1n) is 16.4. The van der Waals surface area contributed by atoms with E-state index in [4.69, 9.17) is 9.97 Å². The molecule has 3 aromatic heterocycles. The van der Waals surface area contributed by atoms with Crippen LogP contribution in [0.4, 0.5) is 5.69 Å². The van der Waals surface area contributed by atoms with Crippen LogP contribution in [0.1, 0.15) is 0 Å². The molecule has 49 heavy (non-hydrogen) atoms. The van der Waals surface area contributed by atoms with Crippen LogP contribution in [0, 0.1) is 0 Å². The quantitative estimate of drug-likeness (QED) is 0.186. The fraction of sp³-hybridized carbons (Fsp3) is 0.0227. The highest BCUT2D eigenvalue weighted by molar-refractivity contribution is 6.03. The van der Waals surface area contributed by atoms with Crippen molar-refractivity contribution < 1.29 is 0 Å². The summed E-state index contributed by atoms with van der Waals surface area (Å²) in [7, 11) is 1.97. The van der Waals surface area contributed by atoms with Crippen molar-refractivity contribution in [2.45, 2.75) is 0 Å². The monoisotopic (exact) mass is 629 g/mol. The van der Waals surface area contributed by atoms with Gasteiger partial charge in [0.25, 0.3) is 0 Å². The molecule has 0 atom stereocenters. The molecule has 9 rings (SSSR count). The van der Waals surface area contributed by atoms with E-state index in [2.05, 4.69) is 154 Å². The summed E-state index contributed by atoms with van der Waals surface area (Å²) < 4.78 is 2.24. The third kappa shape index (κ3) is 5.00. The van der Waals surface area contributed by atoms with Crippen LogP contribution in [0.15, 0.2) is 164 Å². The molecule has 6 aromatic carbocycles. The summed E-state index contributed by atoms with van der Waals surface area (Å²) in [6.07, 6.45) is 1.83. The summed E-state index contributed by atoms with van der Waals surface area (Å²) >= 11 is 0. The predicted molar refractivity (Wildman–Crippen MR) is 203 cm³/mol. The fourth-order valence-corrected chi connectivity index (χ4v) is 6.86. The number of nitrogens with one attached hydrogen (secondary N) is 1. The number of anilines is 1. The maximum Gasteiger partial charge on any atom is 0.145 e. The molecule has 0 saturated carbocycles.